The highest BCUT2D eigenvalue weighted by molar-refractivity contribution is 7.14. The van der Waals surface area contributed by atoms with Gasteiger partial charge in [0.15, 0.2) is 5.82 Å². The van der Waals surface area contributed by atoms with Gasteiger partial charge in [0.05, 0.1) is 16.5 Å². The van der Waals surface area contributed by atoms with Crippen molar-refractivity contribution in [1.29, 1.82) is 0 Å². The van der Waals surface area contributed by atoms with Gasteiger partial charge in [0.1, 0.15) is 22.9 Å². The lowest BCUT2D eigenvalue weighted by molar-refractivity contribution is -0.134. The molecule has 1 saturated heterocycles. The maximum absolute atomic E-state index is 13.1. The molecule has 6 rings (SSSR count). The van der Waals surface area contributed by atoms with Crippen LogP contribution in [0.1, 0.15) is 6.92 Å². The summed E-state index contributed by atoms with van der Waals surface area (Å²) in [6.45, 7) is 4.60. The first kappa shape index (κ1) is 19.9. The number of benzene rings is 1. The molecule has 1 amide bonds. The third kappa shape index (κ3) is 3.54. The molecule has 1 N–H and O–H groups in total. The number of para-hydroxylation sites is 2. The van der Waals surface area contributed by atoms with Gasteiger partial charge in [-0.1, -0.05) is 12.1 Å². The van der Waals surface area contributed by atoms with E-state index in [2.05, 4.69) is 26.8 Å². The molecular weight excluding hydrogens is 434 g/mol. The molecule has 5 aromatic rings. The highest BCUT2D eigenvalue weighted by Crippen LogP contribution is 2.34. The van der Waals surface area contributed by atoms with Crippen molar-refractivity contribution in [2.45, 2.75) is 19.5 Å². The van der Waals surface area contributed by atoms with E-state index < -0.39 is 0 Å². The number of rotatable bonds is 4. The zero-order valence-electron chi connectivity index (χ0n) is 18.2. The average molecular weight is 458 g/mol. The summed E-state index contributed by atoms with van der Waals surface area (Å²) in [5, 5.41) is 2.14. The number of pyridine rings is 1. The monoisotopic (exact) mass is 457 g/mol. The van der Waals surface area contributed by atoms with Crippen LogP contribution in [0.15, 0.2) is 60.4 Å². The van der Waals surface area contributed by atoms with Crippen LogP contribution in [0.5, 0.6) is 0 Å². The largest absolute Gasteiger partial charge is 0.358 e. The minimum atomic E-state index is 0.0895. The fourth-order valence-corrected chi connectivity index (χ4v) is 5.42. The van der Waals surface area contributed by atoms with E-state index in [0.717, 1.165) is 51.7 Å². The van der Waals surface area contributed by atoms with Crippen molar-refractivity contribution < 1.29 is 4.79 Å². The predicted octanol–water partition coefficient (Wildman–Crippen LogP) is 3.77. The molecule has 5 heterocycles. The number of carbonyl (C=O) groups is 1. The van der Waals surface area contributed by atoms with Crippen LogP contribution in [-0.2, 0) is 11.3 Å². The van der Waals surface area contributed by atoms with E-state index in [1.165, 1.54) is 0 Å². The Bertz CT molecular complexity index is 1420. The molecule has 0 bridgehead atoms. The van der Waals surface area contributed by atoms with Crippen LogP contribution in [0.25, 0.3) is 33.6 Å². The van der Waals surface area contributed by atoms with E-state index >= 15 is 0 Å². The molecule has 0 radical (unpaired) electrons. The Morgan fingerprint density at radius 3 is 2.94 bits per heavy atom. The second-order valence-corrected chi connectivity index (χ2v) is 9.18. The molecule has 8 nitrogen and oxygen atoms in total. The smallest absolute Gasteiger partial charge is 0.242 e. The van der Waals surface area contributed by atoms with Gasteiger partial charge in [-0.05, 0) is 37.3 Å². The first-order chi connectivity index (χ1) is 16.2. The van der Waals surface area contributed by atoms with Crippen LogP contribution in [0.4, 0.5) is 5.00 Å². The standard InChI is InChI=1S/C24H23N7OS/c1-16-13-30(24-21(26-15-33-24)22-27-18-6-2-3-7-19(18)28-22)11-12-31(16)20(32)14-29-10-8-17-5-4-9-25-23(17)29/h2-10,15-16H,11-14H2,1H3,(H,27,28). The topological polar surface area (TPSA) is 82.9 Å². The molecule has 1 aliphatic heterocycles. The van der Waals surface area contributed by atoms with Crippen molar-refractivity contribution in [3.8, 4) is 11.5 Å². The first-order valence-corrected chi connectivity index (χ1v) is 11.9. The van der Waals surface area contributed by atoms with E-state index in [0.29, 0.717) is 13.1 Å². The van der Waals surface area contributed by atoms with Crippen LogP contribution in [0.3, 0.4) is 0 Å². The Balaban J connectivity index is 1.19. The zero-order valence-corrected chi connectivity index (χ0v) is 19.0. The second-order valence-electron chi connectivity index (χ2n) is 8.35. The summed E-state index contributed by atoms with van der Waals surface area (Å²) in [4.78, 5) is 34.6. The molecule has 1 aromatic carbocycles. The molecule has 0 saturated carbocycles. The van der Waals surface area contributed by atoms with Crippen molar-refractivity contribution in [2.24, 2.45) is 0 Å². The van der Waals surface area contributed by atoms with E-state index in [1.807, 2.05) is 63.6 Å². The minimum Gasteiger partial charge on any atom is -0.358 e. The number of piperazine rings is 1. The van der Waals surface area contributed by atoms with Crippen LogP contribution >= 0.6 is 11.3 Å². The van der Waals surface area contributed by atoms with Crippen LogP contribution in [0.2, 0.25) is 0 Å². The molecular formula is C24H23N7OS. The number of anilines is 1. The molecule has 9 heteroatoms. The second kappa shape index (κ2) is 8.00. The Kier molecular flexibility index (Phi) is 4.83. The maximum atomic E-state index is 13.1. The van der Waals surface area contributed by atoms with E-state index in [-0.39, 0.29) is 11.9 Å². The molecule has 33 heavy (non-hydrogen) atoms. The van der Waals surface area contributed by atoms with E-state index in [9.17, 15) is 4.79 Å². The van der Waals surface area contributed by atoms with Gasteiger partial charge >= 0.3 is 0 Å². The van der Waals surface area contributed by atoms with Crippen molar-refractivity contribution in [3.63, 3.8) is 0 Å². The third-order valence-electron chi connectivity index (χ3n) is 6.23. The Morgan fingerprint density at radius 2 is 2.06 bits per heavy atom. The number of carbonyl (C=O) groups excluding carboxylic acids is 1. The van der Waals surface area contributed by atoms with Gasteiger partial charge in [-0.25, -0.2) is 15.0 Å². The molecule has 4 aromatic heterocycles. The zero-order chi connectivity index (χ0) is 22.4. The number of nitrogens with one attached hydrogen (secondary N) is 1. The summed E-state index contributed by atoms with van der Waals surface area (Å²) < 4.78 is 1.93. The van der Waals surface area contributed by atoms with Gasteiger partial charge < -0.3 is 19.4 Å². The van der Waals surface area contributed by atoms with E-state index in [4.69, 9.17) is 4.98 Å². The fraction of sp³-hybridized carbons (Fsp3) is 0.250. The SMILES string of the molecule is CC1CN(c2scnc2-c2nc3ccccc3[nH]2)CCN1C(=O)Cn1ccc2cccnc21. The van der Waals surface area contributed by atoms with E-state index in [1.54, 1.807) is 17.5 Å². The molecule has 0 aliphatic carbocycles. The average Bonchev–Trinajstić information content (AvgIpc) is 3.57. The summed E-state index contributed by atoms with van der Waals surface area (Å²) in [5.74, 6) is 0.901. The summed E-state index contributed by atoms with van der Waals surface area (Å²) in [5.41, 5.74) is 5.51. The number of amides is 1. The lowest BCUT2D eigenvalue weighted by Gasteiger charge is -2.40. The van der Waals surface area contributed by atoms with Gasteiger partial charge in [-0.3, -0.25) is 4.79 Å². The number of hydrogen-bond donors (Lipinski definition) is 1. The summed E-state index contributed by atoms with van der Waals surface area (Å²) in [6, 6.07) is 14.0. The minimum absolute atomic E-state index is 0.0895. The summed E-state index contributed by atoms with van der Waals surface area (Å²) in [7, 11) is 0. The fourth-order valence-electron chi connectivity index (χ4n) is 4.59. The molecule has 1 aliphatic rings. The van der Waals surface area contributed by atoms with Gasteiger partial charge in [0.2, 0.25) is 5.91 Å². The number of hydrogen-bond acceptors (Lipinski definition) is 6. The predicted molar refractivity (Wildman–Crippen MR) is 130 cm³/mol. The van der Waals surface area contributed by atoms with Crippen LogP contribution < -0.4 is 4.90 Å². The van der Waals surface area contributed by atoms with Crippen LogP contribution in [-0.4, -0.2) is 61.0 Å². The lowest BCUT2D eigenvalue weighted by Crippen LogP contribution is -2.54. The summed E-state index contributed by atoms with van der Waals surface area (Å²) >= 11 is 1.62. The molecule has 1 fully saturated rings. The Labute approximate surface area is 194 Å². The van der Waals surface area contributed by atoms with Crippen molar-refractivity contribution >= 4 is 44.3 Å². The number of aromatic amines is 1. The molecule has 1 atom stereocenters. The number of H-pyrrole nitrogens is 1. The van der Waals surface area contributed by atoms with Gasteiger partial charge in [-0.2, -0.15) is 0 Å². The highest BCUT2D eigenvalue weighted by atomic mass is 32.1. The lowest BCUT2D eigenvalue weighted by atomic mass is 10.2. The Morgan fingerprint density at radius 1 is 1.15 bits per heavy atom. The number of nitrogens with zero attached hydrogens (tertiary/aromatic N) is 6. The number of fused-ring (bicyclic) bond motifs is 2. The van der Waals surface area contributed by atoms with Crippen molar-refractivity contribution in [2.75, 3.05) is 24.5 Å². The number of imidazole rings is 1. The number of thiazole rings is 1. The highest BCUT2D eigenvalue weighted by Gasteiger charge is 2.30. The van der Waals surface area contributed by atoms with Crippen molar-refractivity contribution in [3.05, 3.63) is 60.4 Å². The van der Waals surface area contributed by atoms with Gasteiger partial charge in [0, 0.05) is 43.5 Å². The quantitative estimate of drug-likeness (QED) is 0.444. The van der Waals surface area contributed by atoms with Crippen LogP contribution in [0, 0.1) is 0 Å². The molecule has 166 valence electrons. The molecule has 0 spiro atoms. The number of aromatic nitrogens is 5. The van der Waals surface area contributed by atoms with Gasteiger partial charge in [-0.15, -0.1) is 11.3 Å². The van der Waals surface area contributed by atoms with Gasteiger partial charge in [0.25, 0.3) is 0 Å². The molecule has 1 unspecified atom stereocenters. The maximum Gasteiger partial charge on any atom is 0.242 e. The Hall–Kier alpha value is -3.72. The third-order valence-corrected chi connectivity index (χ3v) is 7.11. The first-order valence-electron chi connectivity index (χ1n) is 11.0. The van der Waals surface area contributed by atoms with Crippen molar-refractivity contribution in [1.82, 2.24) is 29.4 Å². The normalized spacial score (nSPS) is 16.7. The summed E-state index contributed by atoms with van der Waals surface area (Å²) in [6.07, 6.45) is 3.70.